The summed E-state index contributed by atoms with van der Waals surface area (Å²) in [6.07, 6.45) is 3.85. The molecule has 100 valence electrons. The second-order valence-corrected chi connectivity index (χ2v) is 8.15. The summed E-state index contributed by atoms with van der Waals surface area (Å²) in [6, 6.07) is 6.87. The summed E-state index contributed by atoms with van der Waals surface area (Å²) < 4.78 is 2.26. The summed E-state index contributed by atoms with van der Waals surface area (Å²) in [6.45, 7) is 7.13. The largest absolute Gasteiger partial charge is 0.381 e. The van der Waals surface area contributed by atoms with Crippen molar-refractivity contribution in [2.45, 2.75) is 46.1 Å². The van der Waals surface area contributed by atoms with Gasteiger partial charge in [0.2, 0.25) is 0 Å². The van der Waals surface area contributed by atoms with E-state index >= 15 is 0 Å². The predicted octanol–water partition coefficient (Wildman–Crippen LogP) is 5.84. The van der Waals surface area contributed by atoms with Crippen LogP contribution in [0.3, 0.4) is 0 Å². The Morgan fingerprint density at radius 1 is 1.22 bits per heavy atom. The molecule has 1 aromatic rings. The van der Waals surface area contributed by atoms with Crippen LogP contribution >= 0.6 is 31.9 Å². The molecule has 0 aliphatic heterocycles. The number of hydrogen-bond donors (Lipinski definition) is 1. The van der Waals surface area contributed by atoms with E-state index in [1.54, 1.807) is 0 Å². The standard InChI is InChI=1S/C15H21Br2N/c1-10-6-12(9-15(2,3)8-10)18-14-7-11(16)4-5-13(14)17/h4-5,7,10,12,18H,6,8-9H2,1-3H3. The lowest BCUT2D eigenvalue weighted by molar-refractivity contribution is 0.178. The van der Waals surface area contributed by atoms with Gasteiger partial charge < -0.3 is 5.32 Å². The monoisotopic (exact) mass is 373 g/mol. The van der Waals surface area contributed by atoms with Crippen molar-refractivity contribution in [1.29, 1.82) is 0 Å². The minimum Gasteiger partial charge on any atom is -0.381 e. The minimum absolute atomic E-state index is 0.452. The zero-order valence-corrected chi connectivity index (χ0v) is 14.4. The van der Waals surface area contributed by atoms with E-state index in [1.807, 2.05) is 0 Å². The average molecular weight is 375 g/mol. The molecule has 0 aromatic heterocycles. The first kappa shape index (κ1) is 14.4. The summed E-state index contributed by atoms with van der Waals surface area (Å²) in [4.78, 5) is 0. The van der Waals surface area contributed by atoms with Gasteiger partial charge >= 0.3 is 0 Å². The van der Waals surface area contributed by atoms with Crippen molar-refractivity contribution in [3.63, 3.8) is 0 Å². The van der Waals surface area contributed by atoms with Gasteiger partial charge in [0, 0.05) is 20.7 Å². The molecule has 1 N–H and O–H groups in total. The van der Waals surface area contributed by atoms with Crippen molar-refractivity contribution in [3.8, 4) is 0 Å². The van der Waals surface area contributed by atoms with Crippen LogP contribution in [0.1, 0.15) is 40.0 Å². The lowest BCUT2D eigenvalue weighted by Gasteiger charge is -2.39. The fourth-order valence-electron chi connectivity index (χ4n) is 3.28. The predicted molar refractivity (Wildman–Crippen MR) is 86.0 cm³/mol. The van der Waals surface area contributed by atoms with Gasteiger partial charge in [-0.05, 0) is 64.7 Å². The second-order valence-electron chi connectivity index (χ2n) is 6.38. The van der Waals surface area contributed by atoms with E-state index in [4.69, 9.17) is 0 Å². The molecule has 0 radical (unpaired) electrons. The van der Waals surface area contributed by atoms with E-state index in [0.29, 0.717) is 11.5 Å². The van der Waals surface area contributed by atoms with E-state index in [9.17, 15) is 0 Å². The molecule has 1 nitrogen and oxygen atoms in total. The Bertz CT molecular complexity index is 429. The van der Waals surface area contributed by atoms with E-state index in [1.165, 1.54) is 24.9 Å². The first-order valence-corrected chi connectivity index (χ1v) is 8.16. The molecule has 18 heavy (non-hydrogen) atoms. The van der Waals surface area contributed by atoms with Gasteiger partial charge in [0.05, 0.1) is 0 Å². The summed E-state index contributed by atoms with van der Waals surface area (Å²) in [5, 5.41) is 3.70. The first-order valence-electron chi connectivity index (χ1n) is 6.57. The molecule has 1 aliphatic carbocycles. The molecule has 1 fully saturated rings. The third-order valence-corrected chi connectivity index (χ3v) is 4.86. The van der Waals surface area contributed by atoms with E-state index in [2.05, 4.69) is 76.1 Å². The van der Waals surface area contributed by atoms with Crippen molar-refractivity contribution in [1.82, 2.24) is 0 Å². The van der Waals surface area contributed by atoms with Gasteiger partial charge in [-0.15, -0.1) is 0 Å². The molecule has 0 amide bonds. The fourth-order valence-corrected chi connectivity index (χ4v) is 4.01. The van der Waals surface area contributed by atoms with Crippen molar-refractivity contribution < 1.29 is 0 Å². The number of rotatable bonds is 2. The highest BCUT2D eigenvalue weighted by molar-refractivity contribution is 9.11. The van der Waals surface area contributed by atoms with E-state index in [0.717, 1.165) is 14.9 Å². The Morgan fingerprint density at radius 2 is 1.94 bits per heavy atom. The Hall–Kier alpha value is -0.0200. The average Bonchev–Trinajstić information content (AvgIpc) is 2.20. The molecule has 1 saturated carbocycles. The summed E-state index contributed by atoms with van der Waals surface area (Å²) in [5.74, 6) is 0.803. The normalized spacial score (nSPS) is 26.9. The first-order chi connectivity index (χ1) is 8.35. The number of halogens is 2. The zero-order chi connectivity index (χ0) is 13.3. The van der Waals surface area contributed by atoms with Crippen LogP contribution in [0, 0.1) is 11.3 Å². The fraction of sp³-hybridized carbons (Fsp3) is 0.600. The van der Waals surface area contributed by atoms with Gasteiger partial charge in [-0.2, -0.15) is 0 Å². The van der Waals surface area contributed by atoms with Crippen molar-refractivity contribution in [2.75, 3.05) is 5.32 Å². The van der Waals surface area contributed by atoms with Crippen LogP contribution in [-0.2, 0) is 0 Å². The molecule has 1 aliphatic rings. The van der Waals surface area contributed by atoms with Crippen LogP contribution in [0.4, 0.5) is 5.69 Å². The van der Waals surface area contributed by atoms with Crippen LogP contribution in [-0.4, -0.2) is 6.04 Å². The molecule has 1 aromatic carbocycles. The van der Waals surface area contributed by atoms with Crippen molar-refractivity contribution in [3.05, 3.63) is 27.1 Å². The van der Waals surface area contributed by atoms with Gasteiger partial charge in [-0.25, -0.2) is 0 Å². The molecule has 0 bridgehead atoms. The summed E-state index contributed by atoms with van der Waals surface area (Å²) >= 11 is 7.15. The van der Waals surface area contributed by atoms with Gasteiger partial charge in [0.1, 0.15) is 0 Å². The van der Waals surface area contributed by atoms with Crippen LogP contribution < -0.4 is 5.32 Å². The van der Waals surface area contributed by atoms with Gasteiger partial charge in [-0.3, -0.25) is 0 Å². The van der Waals surface area contributed by atoms with Crippen molar-refractivity contribution in [2.24, 2.45) is 11.3 Å². The SMILES string of the molecule is CC1CC(Nc2cc(Br)ccc2Br)CC(C)(C)C1. The number of nitrogens with one attached hydrogen (secondary N) is 1. The third-order valence-electron chi connectivity index (χ3n) is 3.67. The maximum absolute atomic E-state index is 3.70. The molecule has 0 spiro atoms. The Morgan fingerprint density at radius 3 is 2.61 bits per heavy atom. The molecule has 2 atom stereocenters. The van der Waals surface area contributed by atoms with E-state index < -0.39 is 0 Å². The highest BCUT2D eigenvalue weighted by Gasteiger charge is 2.32. The molecular formula is C15H21Br2N. The lowest BCUT2D eigenvalue weighted by Crippen LogP contribution is -2.35. The summed E-state index contributed by atoms with van der Waals surface area (Å²) in [5.41, 5.74) is 1.65. The zero-order valence-electron chi connectivity index (χ0n) is 11.3. The quantitative estimate of drug-likeness (QED) is 0.685. The molecule has 2 rings (SSSR count). The maximum atomic E-state index is 3.70. The third kappa shape index (κ3) is 3.74. The minimum atomic E-state index is 0.452. The molecule has 0 heterocycles. The van der Waals surface area contributed by atoms with Crippen molar-refractivity contribution >= 4 is 37.5 Å². The van der Waals surface area contributed by atoms with Crippen LogP contribution in [0.25, 0.3) is 0 Å². The Balaban J connectivity index is 2.11. The van der Waals surface area contributed by atoms with Crippen LogP contribution in [0.2, 0.25) is 0 Å². The highest BCUT2D eigenvalue weighted by Crippen LogP contribution is 2.40. The molecule has 2 unspecified atom stereocenters. The van der Waals surface area contributed by atoms with Crippen LogP contribution in [0.15, 0.2) is 27.1 Å². The maximum Gasteiger partial charge on any atom is 0.0498 e. The topological polar surface area (TPSA) is 12.0 Å². The van der Waals surface area contributed by atoms with E-state index in [-0.39, 0.29) is 0 Å². The number of anilines is 1. The smallest absolute Gasteiger partial charge is 0.0498 e. The second kappa shape index (κ2) is 5.54. The Kier molecular flexibility index (Phi) is 4.43. The lowest BCUT2D eigenvalue weighted by atomic mass is 9.70. The Labute approximate surface area is 127 Å². The number of hydrogen-bond acceptors (Lipinski definition) is 1. The molecule has 3 heteroatoms. The highest BCUT2D eigenvalue weighted by atomic mass is 79.9. The number of benzene rings is 1. The molecular weight excluding hydrogens is 354 g/mol. The van der Waals surface area contributed by atoms with Crippen LogP contribution in [0.5, 0.6) is 0 Å². The summed E-state index contributed by atoms with van der Waals surface area (Å²) in [7, 11) is 0. The van der Waals surface area contributed by atoms with Gasteiger partial charge in [0.15, 0.2) is 0 Å². The van der Waals surface area contributed by atoms with Gasteiger partial charge in [0.25, 0.3) is 0 Å². The van der Waals surface area contributed by atoms with Gasteiger partial charge in [-0.1, -0.05) is 36.7 Å². The molecule has 0 saturated heterocycles.